The second-order valence-electron chi connectivity index (χ2n) is 6.71. The van der Waals surface area contributed by atoms with Gasteiger partial charge in [0, 0.05) is 31.5 Å². The Balaban J connectivity index is 1.52. The third kappa shape index (κ3) is 2.83. The summed E-state index contributed by atoms with van der Waals surface area (Å²) in [5.74, 6) is 0.927. The molecule has 0 saturated carbocycles. The van der Waals surface area contributed by atoms with Crippen LogP contribution in [0, 0.1) is 5.82 Å². The van der Waals surface area contributed by atoms with Crippen molar-refractivity contribution in [1.82, 2.24) is 29.4 Å². The van der Waals surface area contributed by atoms with Crippen LogP contribution in [0.3, 0.4) is 0 Å². The Morgan fingerprint density at radius 1 is 1.11 bits per heavy atom. The lowest BCUT2D eigenvalue weighted by Crippen LogP contribution is -2.33. The predicted octanol–water partition coefficient (Wildman–Crippen LogP) is 2.80. The maximum atomic E-state index is 14.2. The monoisotopic (exact) mass is 363 g/mol. The number of anilines is 1. The highest BCUT2D eigenvalue weighted by molar-refractivity contribution is 5.60. The van der Waals surface area contributed by atoms with Crippen molar-refractivity contribution in [2.24, 2.45) is 0 Å². The van der Waals surface area contributed by atoms with Gasteiger partial charge in [-0.1, -0.05) is 12.1 Å². The molecule has 1 aliphatic rings. The van der Waals surface area contributed by atoms with E-state index in [0.717, 1.165) is 31.7 Å². The SMILES string of the molecule is Fc1ccccc1-c1nnc2ccc(N3CCCC3Cn3ccnc3)nn12. The molecule has 4 aromatic rings. The van der Waals surface area contributed by atoms with Gasteiger partial charge in [0.05, 0.1) is 11.9 Å². The quantitative estimate of drug-likeness (QED) is 0.558. The minimum Gasteiger partial charge on any atom is -0.350 e. The predicted molar refractivity (Wildman–Crippen MR) is 98.8 cm³/mol. The van der Waals surface area contributed by atoms with Crippen molar-refractivity contribution in [3.8, 4) is 11.4 Å². The molecule has 1 atom stereocenters. The summed E-state index contributed by atoms with van der Waals surface area (Å²) in [6, 6.07) is 10.7. The summed E-state index contributed by atoms with van der Waals surface area (Å²) < 4.78 is 17.9. The second kappa shape index (κ2) is 6.46. The lowest BCUT2D eigenvalue weighted by atomic mass is 10.2. The van der Waals surface area contributed by atoms with Crippen molar-refractivity contribution >= 4 is 11.5 Å². The van der Waals surface area contributed by atoms with Gasteiger partial charge in [0.1, 0.15) is 11.6 Å². The average molecular weight is 363 g/mol. The number of benzene rings is 1. The topological polar surface area (TPSA) is 64.1 Å². The molecule has 5 rings (SSSR count). The van der Waals surface area contributed by atoms with Crippen LogP contribution < -0.4 is 4.90 Å². The van der Waals surface area contributed by atoms with Gasteiger partial charge in [-0.2, -0.15) is 4.52 Å². The van der Waals surface area contributed by atoms with E-state index in [1.807, 2.05) is 24.7 Å². The number of nitrogens with zero attached hydrogens (tertiary/aromatic N) is 7. The number of halogens is 1. The third-order valence-electron chi connectivity index (χ3n) is 5.02. The number of rotatable bonds is 4. The van der Waals surface area contributed by atoms with Crippen LogP contribution in [0.25, 0.3) is 17.0 Å². The lowest BCUT2D eigenvalue weighted by Gasteiger charge is -2.25. The molecule has 3 aromatic heterocycles. The molecule has 1 aliphatic heterocycles. The first kappa shape index (κ1) is 15.9. The van der Waals surface area contributed by atoms with Crippen molar-refractivity contribution < 1.29 is 4.39 Å². The first-order valence-electron chi connectivity index (χ1n) is 8.99. The molecule has 1 aromatic carbocycles. The van der Waals surface area contributed by atoms with E-state index in [0.29, 0.717) is 23.1 Å². The van der Waals surface area contributed by atoms with Crippen molar-refractivity contribution in [2.45, 2.75) is 25.4 Å². The van der Waals surface area contributed by atoms with Crippen LogP contribution >= 0.6 is 0 Å². The molecular formula is C19H18FN7. The normalized spacial score (nSPS) is 17.1. The highest BCUT2D eigenvalue weighted by atomic mass is 19.1. The highest BCUT2D eigenvalue weighted by Gasteiger charge is 2.26. The fourth-order valence-corrected chi connectivity index (χ4v) is 3.71. The number of imidazole rings is 1. The van der Waals surface area contributed by atoms with E-state index >= 15 is 0 Å². The van der Waals surface area contributed by atoms with Gasteiger partial charge in [0.15, 0.2) is 11.5 Å². The van der Waals surface area contributed by atoms with E-state index in [9.17, 15) is 4.39 Å². The molecule has 0 radical (unpaired) electrons. The standard InChI is InChI=1S/C19H18FN7/c20-16-6-2-1-5-15(16)19-23-22-17-7-8-18(24-27(17)19)26-10-3-4-14(26)12-25-11-9-21-13-25/h1-2,5-9,11,13-14H,3-4,10,12H2. The van der Waals surface area contributed by atoms with Crippen LogP contribution in [0.2, 0.25) is 0 Å². The molecule has 0 amide bonds. The Labute approximate surface area is 155 Å². The third-order valence-corrected chi connectivity index (χ3v) is 5.02. The van der Waals surface area contributed by atoms with E-state index < -0.39 is 0 Å². The van der Waals surface area contributed by atoms with Gasteiger partial charge in [0.25, 0.3) is 0 Å². The minimum atomic E-state index is -0.335. The Bertz CT molecular complexity index is 1070. The zero-order valence-electron chi connectivity index (χ0n) is 14.6. The average Bonchev–Trinajstić information content (AvgIpc) is 3.43. The Hall–Kier alpha value is -3.29. The molecule has 0 spiro atoms. The fourth-order valence-electron chi connectivity index (χ4n) is 3.71. The van der Waals surface area contributed by atoms with Crippen molar-refractivity contribution in [2.75, 3.05) is 11.4 Å². The molecule has 1 saturated heterocycles. The zero-order chi connectivity index (χ0) is 18.2. The van der Waals surface area contributed by atoms with Crippen LogP contribution in [-0.2, 0) is 6.54 Å². The highest BCUT2D eigenvalue weighted by Crippen LogP contribution is 2.27. The Morgan fingerprint density at radius 3 is 2.89 bits per heavy atom. The summed E-state index contributed by atoms with van der Waals surface area (Å²) in [4.78, 5) is 6.42. The smallest absolute Gasteiger partial charge is 0.188 e. The first-order valence-corrected chi connectivity index (χ1v) is 8.99. The number of aromatic nitrogens is 6. The van der Waals surface area contributed by atoms with Crippen LogP contribution in [-0.4, -0.2) is 41.9 Å². The summed E-state index contributed by atoms with van der Waals surface area (Å²) >= 11 is 0. The molecule has 0 aliphatic carbocycles. The maximum absolute atomic E-state index is 14.2. The van der Waals surface area contributed by atoms with E-state index in [1.54, 1.807) is 28.9 Å². The van der Waals surface area contributed by atoms with Crippen molar-refractivity contribution in [3.63, 3.8) is 0 Å². The molecule has 8 heteroatoms. The molecule has 0 bridgehead atoms. The summed E-state index contributed by atoms with van der Waals surface area (Å²) in [7, 11) is 0. The molecule has 27 heavy (non-hydrogen) atoms. The van der Waals surface area contributed by atoms with E-state index in [2.05, 4.69) is 24.6 Å². The molecule has 136 valence electrons. The van der Waals surface area contributed by atoms with Crippen molar-refractivity contribution in [1.29, 1.82) is 0 Å². The lowest BCUT2D eigenvalue weighted by molar-refractivity contribution is 0.545. The molecule has 1 unspecified atom stereocenters. The van der Waals surface area contributed by atoms with Gasteiger partial charge in [-0.25, -0.2) is 9.37 Å². The van der Waals surface area contributed by atoms with Gasteiger partial charge in [0.2, 0.25) is 0 Å². The first-order chi connectivity index (χ1) is 13.3. The van der Waals surface area contributed by atoms with Gasteiger partial charge < -0.3 is 9.47 Å². The second-order valence-corrected chi connectivity index (χ2v) is 6.71. The summed E-state index contributed by atoms with van der Waals surface area (Å²) in [5, 5.41) is 13.0. The summed E-state index contributed by atoms with van der Waals surface area (Å²) in [6.45, 7) is 1.80. The summed E-state index contributed by atoms with van der Waals surface area (Å²) in [5.41, 5.74) is 0.994. The van der Waals surface area contributed by atoms with Crippen LogP contribution in [0.4, 0.5) is 10.2 Å². The van der Waals surface area contributed by atoms with E-state index in [4.69, 9.17) is 5.10 Å². The number of hydrogen-bond donors (Lipinski definition) is 0. The maximum Gasteiger partial charge on any atom is 0.188 e. The molecule has 7 nitrogen and oxygen atoms in total. The van der Waals surface area contributed by atoms with Crippen LogP contribution in [0.1, 0.15) is 12.8 Å². The zero-order valence-corrected chi connectivity index (χ0v) is 14.6. The Kier molecular flexibility index (Phi) is 3.81. The van der Waals surface area contributed by atoms with Gasteiger partial charge in [-0.3, -0.25) is 0 Å². The van der Waals surface area contributed by atoms with Crippen molar-refractivity contribution in [3.05, 3.63) is 60.9 Å². The Morgan fingerprint density at radius 2 is 2.04 bits per heavy atom. The molecule has 0 N–H and O–H groups in total. The summed E-state index contributed by atoms with van der Waals surface area (Å²) in [6.07, 6.45) is 7.81. The van der Waals surface area contributed by atoms with Gasteiger partial charge in [-0.05, 0) is 37.1 Å². The molecule has 1 fully saturated rings. The van der Waals surface area contributed by atoms with Crippen LogP contribution in [0.15, 0.2) is 55.1 Å². The largest absolute Gasteiger partial charge is 0.350 e. The molecular weight excluding hydrogens is 345 g/mol. The number of hydrogen-bond acceptors (Lipinski definition) is 5. The van der Waals surface area contributed by atoms with Gasteiger partial charge in [-0.15, -0.1) is 15.3 Å². The van der Waals surface area contributed by atoms with Crippen LogP contribution in [0.5, 0.6) is 0 Å². The number of fused-ring (bicyclic) bond motifs is 1. The van der Waals surface area contributed by atoms with Gasteiger partial charge >= 0.3 is 0 Å². The molecule has 4 heterocycles. The van der Waals surface area contributed by atoms with E-state index in [1.165, 1.54) is 6.07 Å². The fraction of sp³-hybridized carbons (Fsp3) is 0.263. The minimum absolute atomic E-state index is 0.335. The van der Waals surface area contributed by atoms with E-state index in [-0.39, 0.29) is 5.82 Å².